The molecule has 1 saturated heterocycles. The number of benzene rings is 1. The molecule has 1 atom stereocenters. The molecule has 28 heavy (non-hydrogen) atoms. The zero-order valence-electron chi connectivity index (χ0n) is 16.1. The summed E-state index contributed by atoms with van der Waals surface area (Å²) >= 11 is 1.68. The Bertz CT molecular complexity index is 706. The van der Waals surface area contributed by atoms with E-state index in [1.165, 1.54) is 17.7 Å². The number of guanidine groups is 1. The number of ether oxygens (including phenoxy) is 1. The Balaban J connectivity index is 0.00000280. The number of hydrogen-bond donors (Lipinski definition) is 2. The van der Waals surface area contributed by atoms with Gasteiger partial charge in [0.15, 0.2) is 5.96 Å². The molecule has 0 amide bonds. The molecule has 154 valence electrons. The predicted octanol–water partition coefficient (Wildman–Crippen LogP) is 3.63. The lowest BCUT2D eigenvalue weighted by Crippen LogP contribution is -2.46. The average molecular weight is 518 g/mol. The lowest BCUT2D eigenvalue weighted by atomic mass is 10.0. The monoisotopic (exact) mass is 518 g/mol. The second-order valence-electron chi connectivity index (χ2n) is 6.42. The maximum Gasteiger partial charge on any atom is 0.191 e. The highest BCUT2D eigenvalue weighted by Crippen LogP contribution is 2.21. The minimum Gasteiger partial charge on any atom is -0.379 e. The second kappa shape index (κ2) is 12.4. The van der Waals surface area contributed by atoms with E-state index >= 15 is 0 Å². The fraction of sp³-hybridized carbons (Fsp3) is 0.450. The minimum atomic E-state index is -0.210. The summed E-state index contributed by atoms with van der Waals surface area (Å²) in [5.74, 6) is 0.585. The molecule has 2 aromatic rings. The first kappa shape index (κ1) is 23.1. The van der Waals surface area contributed by atoms with Crippen molar-refractivity contribution < 1.29 is 9.13 Å². The van der Waals surface area contributed by atoms with Crippen LogP contribution < -0.4 is 10.6 Å². The summed E-state index contributed by atoms with van der Waals surface area (Å²) in [4.78, 5) is 7.06. The van der Waals surface area contributed by atoms with Crippen LogP contribution in [0, 0.1) is 5.82 Å². The Morgan fingerprint density at radius 2 is 1.96 bits per heavy atom. The van der Waals surface area contributed by atoms with Crippen molar-refractivity contribution in [2.45, 2.75) is 19.5 Å². The van der Waals surface area contributed by atoms with Gasteiger partial charge in [0.2, 0.25) is 0 Å². The summed E-state index contributed by atoms with van der Waals surface area (Å²) in [7, 11) is 0. The topological polar surface area (TPSA) is 48.9 Å². The number of aliphatic imine (C=N–C) groups is 1. The molecule has 1 aliphatic heterocycles. The summed E-state index contributed by atoms with van der Waals surface area (Å²) in [6.07, 6.45) is 0. The molecule has 0 saturated carbocycles. The van der Waals surface area contributed by atoms with Crippen molar-refractivity contribution >= 4 is 41.3 Å². The molecule has 0 radical (unpaired) electrons. The van der Waals surface area contributed by atoms with E-state index < -0.39 is 0 Å². The molecule has 5 nitrogen and oxygen atoms in total. The predicted molar refractivity (Wildman–Crippen MR) is 124 cm³/mol. The number of nitrogens with one attached hydrogen (secondary N) is 2. The van der Waals surface area contributed by atoms with E-state index in [9.17, 15) is 4.39 Å². The molecule has 2 heterocycles. The molecule has 3 rings (SSSR count). The highest BCUT2D eigenvalue weighted by molar-refractivity contribution is 14.0. The van der Waals surface area contributed by atoms with Crippen LogP contribution in [-0.4, -0.2) is 50.3 Å². The van der Waals surface area contributed by atoms with Gasteiger partial charge >= 0.3 is 0 Å². The zero-order chi connectivity index (χ0) is 18.9. The Hall–Kier alpha value is -1.23. The van der Waals surface area contributed by atoms with Gasteiger partial charge in [-0.3, -0.25) is 4.90 Å². The first-order chi connectivity index (χ1) is 13.3. The molecule has 0 spiro atoms. The summed E-state index contributed by atoms with van der Waals surface area (Å²) in [5.41, 5.74) is 2.31. The van der Waals surface area contributed by atoms with Gasteiger partial charge in [-0.1, -0.05) is 12.1 Å². The number of thiophene rings is 1. The van der Waals surface area contributed by atoms with Crippen LogP contribution in [0.3, 0.4) is 0 Å². The minimum absolute atomic E-state index is 0. The van der Waals surface area contributed by atoms with E-state index in [0.717, 1.165) is 44.4 Å². The fourth-order valence-electron chi connectivity index (χ4n) is 3.12. The first-order valence-corrected chi connectivity index (χ1v) is 10.3. The molecule has 0 aliphatic carbocycles. The lowest BCUT2D eigenvalue weighted by Gasteiger charge is -2.35. The van der Waals surface area contributed by atoms with Crippen LogP contribution in [0.25, 0.3) is 0 Å². The van der Waals surface area contributed by atoms with Gasteiger partial charge in [-0.2, -0.15) is 11.3 Å². The van der Waals surface area contributed by atoms with Gasteiger partial charge < -0.3 is 15.4 Å². The quantitative estimate of drug-likeness (QED) is 0.334. The molecule has 0 bridgehead atoms. The van der Waals surface area contributed by atoms with Gasteiger partial charge in [0, 0.05) is 26.2 Å². The number of rotatable bonds is 7. The van der Waals surface area contributed by atoms with Crippen LogP contribution in [0.2, 0.25) is 0 Å². The van der Waals surface area contributed by atoms with E-state index in [4.69, 9.17) is 4.74 Å². The van der Waals surface area contributed by atoms with Crippen molar-refractivity contribution in [2.24, 2.45) is 4.99 Å². The maximum atomic E-state index is 13.4. The van der Waals surface area contributed by atoms with Gasteiger partial charge in [0.05, 0.1) is 25.8 Å². The van der Waals surface area contributed by atoms with Gasteiger partial charge in [0.1, 0.15) is 5.82 Å². The zero-order valence-corrected chi connectivity index (χ0v) is 19.2. The molecular weight excluding hydrogens is 490 g/mol. The molecule has 2 N–H and O–H groups in total. The Morgan fingerprint density at radius 3 is 2.61 bits per heavy atom. The van der Waals surface area contributed by atoms with Crippen LogP contribution in [0.4, 0.5) is 4.39 Å². The molecule has 1 unspecified atom stereocenters. The number of nitrogens with zero attached hydrogens (tertiary/aromatic N) is 2. The van der Waals surface area contributed by atoms with E-state index in [2.05, 4.69) is 44.3 Å². The van der Waals surface area contributed by atoms with Crippen LogP contribution in [0.5, 0.6) is 0 Å². The van der Waals surface area contributed by atoms with Crippen LogP contribution in [0.15, 0.2) is 46.1 Å². The molecule has 1 aromatic carbocycles. The molecule has 1 aromatic heterocycles. The van der Waals surface area contributed by atoms with Gasteiger partial charge in [-0.15, -0.1) is 24.0 Å². The summed E-state index contributed by atoms with van der Waals surface area (Å²) in [5, 5.41) is 10.9. The standard InChI is InChI=1S/C20H27FN4OS.HI/c1-2-22-20(23-13-16-7-12-27-15-16)24-14-19(25-8-10-26-11-9-25)17-3-5-18(21)6-4-17;/h3-7,12,15,19H,2,8-11,13-14H2,1H3,(H2,22,23,24);1H. The Kier molecular flexibility index (Phi) is 10.2. The van der Waals surface area contributed by atoms with Crippen molar-refractivity contribution in [1.82, 2.24) is 15.5 Å². The first-order valence-electron chi connectivity index (χ1n) is 9.36. The van der Waals surface area contributed by atoms with Crippen molar-refractivity contribution in [1.29, 1.82) is 0 Å². The van der Waals surface area contributed by atoms with Crippen LogP contribution in [0.1, 0.15) is 24.1 Å². The van der Waals surface area contributed by atoms with E-state index in [0.29, 0.717) is 13.1 Å². The number of halogens is 2. The molecule has 1 aliphatic rings. The molecule has 1 fully saturated rings. The summed E-state index contributed by atoms with van der Waals surface area (Å²) < 4.78 is 18.9. The van der Waals surface area contributed by atoms with Crippen LogP contribution in [-0.2, 0) is 11.3 Å². The smallest absolute Gasteiger partial charge is 0.191 e. The fourth-order valence-corrected chi connectivity index (χ4v) is 3.78. The van der Waals surface area contributed by atoms with Gasteiger partial charge in [-0.05, 0) is 47.0 Å². The van der Waals surface area contributed by atoms with E-state index in [1.807, 2.05) is 12.1 Å². The summed E-state index contributed by atoms with van der Waals surface area (Å²) in [6, 6.07) is 9.02. The van der Waals surface area contributed by atoms with Crippen molar-refractivity contribution in [2.75, 3.05) is 39.4 Å². The largest absolute Gasteiger partial charge is 0.379 e. The average Bonchev–Trinajstić information content (AvgIpc) is 3.22. The number of hydrogen-bond acceptors (Lipinski definition) is 4. The lowest BCUT2D eigenvalue weighted by molar-refractivity contribution is 0.0170. The van der Waals surface area contributed by atoms with Crippen LogP contribution >= 0.6 is 35.3 Å². The Morgan fingerprint density at radius 1 is 1.21 bits per heavy atom. The third-order valence-electron chi connectivity index (χ3n) is 4.55. The second-order valence-corrected chi connectivity index (χ2v) is 7.20. The molecule has 8 heteroatoms. The van der Waals surface area contributed by atoms with E-state index in [-0.39, 0.29) is 35.8 Å². The third-order valence-corrected chi connectivity index (χ3v) is 5.28. The highest BCUT2D eigenvalue weighted by Gasteiger charge is 2.23. The third kappa shape index (κ3) is 6.98. The van der Waals surface area contributed by atoms with Crippen molar-refractivity contribution in [3.63, 3.8) is 0 Å². The molecular formula is C20H28FIN4OS. The normalized spacial score (nSPS) is 16.3. The number of morpholine rings is 1. The van der Waals surface area contributed by atoms with Gasteiger partial charge in [0.25, 0.3) is 0 Å². The maximum absolute atomic E-state index is 13.4. The van der Waals surface area contributed by atoms with Crippen molar-refractivity contribution in [3.05, 3.63) is 58.0 Å². The SMILES string of the molecule is CCNC(=NCc1ccsc1)NCC(c1ccc(F)cc1)N1CCOCC1.I. The van der Waals surface area contributed by atoms with E-state index in [1.54, 1.807) is 11.3 Å². The summed E-state index contributed by atoms with van der Waals surface area (Å²) in [6.45, 7) is 7.39. The van der Waals surface area contributed by atoms with Gasteiger partial charge in [-0.25, -0.2) is 9.38 Å². The van der Waals surface area contributed by atoms with Crippen molar-refractivity contribution in [3.8, 4) is 0 Å². The Labute approximate surface area is 187 Å². The highest BCUT2D eigenvalue weighted by atomic mass is 127.